The number of aliphatic hydroxyl groups excluding tert-OH is 1. The molecule has 1 N–H and O–H groups in total. The van der Waals surface area contributed by atoms with E-state index in [-0.39, 0.29) is 0 Å². The number of hydrogen-bond acceptors (Lipinski definition) is 4. The largest absolute Gasteiger partial charge is 0.387 e. The maximum Gasteiger partial charge on any atom is 0.0954 e. The van der Waals surface area contributed by atoms with Crippen molar-refractivity contribution in [3.8, 4) is 0 Å². The van der Waals surface area contributed by atoms with Gasteiger partial charge < -0.3 is 5.11 Å². The number of aliphatic hydroxyl groups is 1. The number of rotatable bonds is 2. The van der Waals surface area contributed by atoms with E-state index in [9.17, 15) is 0 Å². The third kappa shape index (κ3) is 2.89. The zero-order valence-electron chi connectivity index (χ0n) is 6.30. The Balaban J connectivity index is 2.59. The molecule has 1 aromatic rings. The minimum Gasteiger partial charge on any atom is -0.387 e. The first-order valence-corrected chi connectivity index (χ1v) is 4.55. The highest BCUT2D eigenvalue weighted by Gasteiger charge is 2.05. The molecule has 12 heavy (non-hydrogen) atoms. The molecule has 1 unspecified atom stereocenters. The third-order valence-electron chi connectivity index (χ3n) is 1.14. The number of aromatic nitrogens is 1. The molecule has 2 nitrogen and oxygen atoms in total. The van der Waals surface area contributed by atoms with Gasteiger partial charge in [0.15, 0.2) is 0 Å². The predicted octanol–water partition coefficient (Wildman–Crippen LogP) is 1.70. The molecular formula is C8H8NOS2. The smallest absolute Gasteiger partial charge is 0.0954 e. The number of thioether (sulfide) groups is 1. The SMILES string of the molecule is [CH2]C(O)C(=S)Sc1ccncc1. The third-order valence-corrected chi connectivity index (χ3v) is 2.64. The van der Waals surface area contributed by atoms with E-state index in [1.807, 2.05) is 12.1 Å². The highest BCUT2D eigenvalue weighted by Crippen LogP contribution is 2.19. The second-order valence-electron chi connectivity index (χ2n) is 2.12. The van der Waals surface area contributed by atoms with Gasteiger partial charge in [0.2, 0.25) is 0 Å². The summed E-state index contributed by atoms with van der Waals surface area (Å²) in [6.45, 7) is 3.41. The van der Waals surface area contributed by atoms with Gasteiger partial charge in [-0.25, -0.2) is 0 Å². The summed E-state index contributed by atoms with van der Waals surface area (Å²) in [6.07, 6.45) is 2.57. The monoisotopic (exact) mass is 198 g/mol. The highest BCUT2D eigenvalue weighted by atomic mass is 32.2. The summed E-state index contributed by atoms with van der Waals surface area (Å²) >= 11 is 6.22. The summed E-state index contributed by atoms with van der Waals surface area (Å²) < 4.78 is 0.473. The Bertz CT molecular complexity index is 261. The van der Waals surface area contributed by atoms with Gasteiger partial charge in [-0.05, 0) is 19.1 Å². The second kappa shape index (κ2) is 4.54. The zero-order chi connectivity index (χ0) is 8.97. The molecule has 0 aliphatic rings. The molecule has 0 saturated carbocycles. The molecule has 0 saturated heterocycles. The summed E-state index contributed by atoms with van der Waals surface area (Å²) in [5.74, 6) is 0. The number of hydrogen-bond donors (Lipinski definition) is 1. The molecule has 4 heteroatoms. The molecule has 0 fully saturated rings. The van der Waals surface area contributed by atoms with Gasteiger partial charge in [0.25, 0.3) is 0 Å². The Morgan fingerprint density at radius 1 is 1.58 bits per heavy atom. The predicted molar refractivity (Wildman–Crippen MR) is 54.1 cm³/mol. The molecule has 1 radical (unpaired) electrons. The van der Waals surface area contributed by atoms with E-state index in [0.29, 0.717) is 4.20 Å². The summed E-state index contributed by atoms with van der Waals surface area (Å²) in [7, 11) is 0. The lowest BCUT2D eigenvalue weighted by molar-refractivity contribution is 0.292. The zero-order valence-corrected chi connectivity index (χ0v) is 7.94. The van der Waals surface area contributed by atoms with Crippen LogP contribution in [0.2, 0.25) is 0 Å². The summed E-state index contributed by atoms with van der Waals surface area (Å²) in [5.41, 5.74) is 0. The van der Waals surface area contributed by atoms with Crippen LogP contribution in [0.4, 0.5) is 0 Å². The molecular weight excluding hydrogens is 190 g/mol. The van der Waals surface area contributed by atoms with Crippen molar-refractivity contribution < 1.29 is 5.11 Å². The molecule has 1 aromatic heterocycles. The van der Waals surface area contributed by atoms with Crippen molar-refractivity contribution in [2.45, 2.75) is 11.0 Å². The summed E-state index contributed by atoms with van der Waals surface area (Å²) in [5, 5.41) is 8.99. The van der Waals surface area contributed by atoms with Crippen molar-refractivity contribution >= 4 is 28.2 Å². The highest BCUT2D eigenvalue weighted by molar-refractivity contribution is 8.23. The molecule has 0 spiro atoms. The van der Waals surface area contributed by atoms with Gasteiger partial charge in [0, 0.05) is 17.3 Å². The lowest BCUT2D eigenvalue weighted by Crippen LogP contribution is -2.09. The van der Waals surface area contributed by atoms with Crippen molar-refractivity contribution in [3.05, 3.63) is 31.5 Å². The van der Waals surface area contributed by atoms with Gasteiger partial charge in [-0.3, -0.25) is 4.98 Å². The Hall–Kier alpha value is -0.450. The average molecular weight is 198 g/mol. The fourth-order valence-electron chi connectivity index (χ4n) is 0.590. The van der Waals surface area contributed by atoms with Gasteiger partial charge in [-0.1, -0.05) is 24.0 Å². The Morgan fingerprint density at radius 3 is 2.67 bits per heavy atom. The van der Waals surface area contributed by atoms with Crippen molar-refractivity contribution in [2.75, 3.05) is 0 Å². The normalized spacial score (nSPS) is 12.5. The van der Waals surface area contributed by atoms with Crippen molar-refractivity contribution in [3.63, 3.8) is 0 Å². The van der Waals surface area contributed by atoms with Crippen molar-refractivity contribution in [1.29, 1.82) is 0 Å². The lowest BCUT2D eigenvalue weighted by atomic mass is 10.5. The number of pyridine rings is 1. The Labute approximate surface area is 81.0 Å². The first-order chi connectivity index (χ1) is 5.70. The van der Waals surface area contributed by atoms with E-state index in [4.69, 9.17) is 17.3 Å². The van der Waals surface area contributed by atoms with Crippen molar-refractivity contribution in [2.24, 2.45) is 0 Å². The lowest BCUT2D eigenvalue weighted by Gasteiger charge is -2.04. The second-order valence-corrected chi connectivity index (χ2v) is 3.93. The first-order valence-electron chi connectivity index (χ1n) is 3.33. The molecule has 0 aliphatic heterocycles. The van der Waals surface area contributed by atoms with E-state index >= 15 is 0 Å². The number of nitrogens with zero attached hydrogens (tertiary/aromatic N) is 1. The Kier molecular flexibility index (Phi) is 3.65. The standard InChI is InChI=1S/C8H8NOS2/c1-6(10)8(11)12-7-2-4-9-5-3-7/h2-6,10H,1H2. The molecule has 0 amide bonds. The van der Waals surface area contributed by atoms with Crippen LogP contribution in [0.5, 0.6) is 0 Å². The van der Waals surface area contributed by atoms with Gasteiger partial charge in [0.05, 0.1) is 10.3 Å². The van der Waals surface area contributed by atoms with E-state index in [0.717, 1.165) is 4.90 Å². The van der Waals surface area contributed by atoms with Gasteiger partial charge in [-0.15, -0.1) is 0 Å². The topological polar surface area (TPSA) is 33.1 Å². The number of thiocarbonyl (C=S) groups is 1. The molecule has 0 aromatic carbocycles. The van der Waals surface area contributed by atoms with E-state index in [2.05, 4.69) is 11.9 Å². The fourth-order valence-corrected chi connectivity index (χ4v) is 1.51. The minimum absolute atomic E-state index is 0.473. The van der Waals surface area contributed by atoms with Crippen LogP contribution in [0.3, 0.4) is 0 Å². The van der Waals surface area contributed by atoms with Crippen LogP contribution in [0.15, 0.2) is 29.4 Å². The van der Waals surface area contributed by atoms with Crippen molar-refractivity contribution in [1.82, 2.24) is 4.98 Å². The van der Waals surface area contributed by atoms with Gasteiger partial charge in [0.1, 0.15) is 0 Å². The fraction of sp³-hybridized carbons (Fsp3) is 0.125. The molecule has 1 rings (SSSR count). The summed E-state index contributed by atoms with van der Waals surface area (Å²) in [4.78, 5) is 4.83. The van der Waals surface area contributed by atoms with Gasteiger partial charge >= 0.3 is 0 Å². The van der Waals surface area contributed by atoms with Gasteiger partial charge in [-0.2, -0.15) is 0 Å². The van der Waals surface area contributed by atoms with E-state index in [1.165, 1.54) is 11.8 Å². The van der Waals surface area contributed by atoms with E-state index in [1.54, 1.807) is 12.4 Å². The van der Waals surface area contributed by atoms with Crippen LogP contribution in [0, 0.1) is 6.92 Å². The molecule has 1 atom stereocenters. The maximum absolute atomic E-state index is 8.99. The Morgan fingerprint density at radius 2 is 2.17 bits per heavy atom. The van der Waals surface area contributed by atoms with Crippen LogP contribution < -0.4 is 0 Å². The maximum atomic E-state index is 8.99. The molecule has 0 bridgehead atoms. The molecule has 0 aliphatic carbocycles. The molecule has 1 heterocycles. The van der Waals surface area contributed by atoms with Crippen LogP contribution in [-0.4, -0.2) is 20.4 Å². The van der Waals surface area contributed by atoms with Crippen LogP contribution >= 0.6 is 24.0 Å². The molecule has 63 valence electrons. The van der Waals surface area contributed by atoms with Crippen LogP contribution in [0.25, 0.3) is 0 Å². The average Bonchev–Trinajstić information content (AvgIpc) is 2.06. The first kappa shape index (κ1) is 9.64. The van der Waals surface area contributed by atoms with E-state index < -0.39 is 6.10 Å². The van der Waals surface area contributed by atoms with Crippen LogP contribution in [0.1, 0.15) is 0 Å². The van der Waals surface area contributed by atoms with Crippen LogP contribution in [-0.2, 0) is 0 Å². The quantitative estimate of drug-likeness (QED) is 0.579. The summed E-state index contributed by atoms with van der Waals surface area (Å²) in [6, 6.07) is 3.67. The minimum atomic E-state index is -0.793.